The fourth-order valence-corrected chi connectivity index (χ4v) is 2.67. The average Bonchev–Trinajstić information content (AvgIpc) is 2.49. The molecule has 10 heteroatoms. The number of hydrogen-bond donors (Lipinski definition) is 1. The molecule has 0 radical (unpaired) electrons. The normalized spacial score (nSPS) is 11.7. The summed E-state index contributed by atoms with van der Waals surface area (Å²) in [7, 11) is 0.799. The molecular weight excluding hydrogens is 380 g/mol. The lowest BCUT2D eigenvalue weighted by atomic mass is 10.0. The number of benzene rings is 1. The topological polar surface area (TPSA) is 64.2 Å². The maximum Gasteiger partial charge on any atom is 0.431 e. The van der Waals surface area contributed by atoms with Crippen LogP contribution in [0.4, 0.5) is 17.6 Å². The molecule has 0 spiro atoms. The van der Waals surface area contributed by atoms with Crippen LogP contribution in [0.2, 0.25) is 5.02 Å². The van der Waals surface area contributed by atoms with E-state index in [2.05, 4.69) is 6.58 Å². The number of alkyl halides is 3. The Bertz CT molecular complexity index is 1020. The zero-order valence-corrected chi connectivity index (χ0v) is 14.4. The highest BCUT2D eigenvalue weighted by molar-refractivity contribution is 6.32. The van der Waals surface area contributed by atoms with Crippen molar-refractivity contribution in [2.45, 2.75) is 19.5 Å². The smallest absolute Gasteiger partial charge is 0.431 e. The molecule has 140 valence electrons. The Kier molecular flexibility index (Phi) is 5.05. The van der Waals surface area contributed by atoms with Gasteiger partial charge in [0, 0.05) is 18.7 Å². The summed E-state index contributed by atoms with van der Waals surface area (Å²) >= 11 is 5.72. The van der Waals surface area contributed by atoms with Gasteiger partial charge in [0.15, 0.2) is 0 Å². The molecule has 1 heterocycles. The fraction of sp³-hybridized carbons (Fsp3) is 0.250. The minimum Gasteiger partial charge on any atom is -0.506 e. The van der Waals surface area contributed by atoms with Gasteiger partial charge < -0.3 is 5.11 Å². The van der Waals surface area contributed by atoms with Gasteiger partial charge in [0.1, 0.15) is 17.3 Å². The molecule has 0 saturated heterocycles. The van der Waals surface area contributed by atoms with E-state index >= 15 is 0 Å². The molecular formula is C16H13ClF4N2O3. The van der Waals surface area contributed by atoms with Gasteiger partial charge in [-0.2, -0.15) is 13.2 Å². The molecule has 2 rings (SSSR count). The standard InChI is InChI=1S/C16H13ClF4N2O3/c1-7(2)4-8-13(10(18)5-9(17)14(8)25)23-12(24)6-11(16(19,20)21)22(3)15(23)26/h5-6,25H,1,4H2,2-3H3. The lowest BCUT2D eigenvalue weighted by Gasteiger charge is -2.18. The Morgan fingerprint density at radius 2 is 1.88 bits per heavy atom. The SMILES string of the molecule is C=C(C)Cc1c(O)c(Cl)cc(F)c1-n1c(=O)cc(C(F)(F)F)n(C)c1=O. The van der Waals surface area contributed by atoms with E-state index in [0.717, 1.165) is 7.05 Å². The number of halogens is 5. The number of phenols is 1. The summed E-state index contributed by atoms with van der Waals surface area (Å²) in [4.78, 5) is 24.6. The number of nitrogens with zero attached hydrogens (tertiary/aromatic N) is 2. The Labute approximate surface area is 149 Å². The second-order valence-corrected chi connectivity index (χ2v) is 6.10. The summed E-state index contributed by atoms with van der Waals surface area (Å²) < 4.78 is 53.7. The Morgan fingerprint density at radius 1 is 1.31 bits per heavy atom. The van der Waals surface area contributed by atoms with Crippen molar-refractivity contribution in [2.24, 2.45) is 7.05 Å². The van der Waals surface area contributed by atoms with Crippen LogP contribution in [0.1, 0.15) is 18.2 Å². The fourth-order valence-electron chi connectivity index (χ4n) is 2.46. The molecule has 0 amide bonds. The van der Waals surface area contributed by atoms with Crippen molar-refractivity contribution in [2.75, 3.05) is 0 Å². The molecule has 1 aromatic carbocycles. The first-order valence-electron chi connectivity index (χ1n) is 7.11. The average molecular weight is 393 g/mol. The molecule has 0 aliphatic carbocycles. The second-order valence-electron chi connectivity index (χ2n) is 5.69. The minimum atomic E-state index is -4.95. The zero-order chi connectivity index (χ0) is 20.0. The monoisotopic (exact) mass is 392 g/mol. The first-order valence-corrected chi connectivity index (χ1v) is 7.49. The van der Waals surface area contributed by atoms with E-state index in [9.17, 15) is 32.3 Å². The van der Waals surface area contributed by atoms with Crippen LogP contribution in [0.15, 0.2) is 33.9 Å². The summed E-state index contributed by atoms with van der Waals surface area (Å²) in [5.74, 6) is -1.75. The molecule has 0 unspecified atom stereocenters. The number of phenolic OH excluding ortho intramolecular Hbond substituents is 1. The van der Waals surface area contributed by atoms with Gasteiger partial charge in [-0.1, -0.05) is 23.8 Å². The Hall–Kier alpha value is -2.55. The summed E-state index contributed by atoms with van der Waals surface area (Å²) in [6.45, 7) is 5.14. The van der Waals surface area contributed by atoms with Crippen molar-refractivity contribution in [3.05, 3.63) is 67.2 Å². The van der Waals surface area contributed by atoms with Crippen molar-refractivity contribution in [3.8, 4) is 11.4 Å². The molecule has 0 fully saturated rings. The Morgan fingerprint density at radius 3 is 2.38 bits per heavy atom. The quantitative estimate of drug-likeness (QED) is 0.644. The molecule has 2 aromatic rings. The summed E-state index contributed by atoms with van der Waals surface area (Å²) in [5.41, 5.74) is -4.78. The van der Waals surface area contributed by atoms with Gasteiger partial charge in [0.05, 0.1) is 10.7 Å². The molecule has 0 aliphatic heterocycles. The first kappa shape index (κ1) is 19.8. The van der Waals surface area contributed by atoms with Crippen LogP contribution in [-0.2, 0) is 19.6 Å². The van der Waals surface area contributed by atoms with E-state index in [1.54, 1.807) is 0 Å². The molecule has 0 atom stereocenters. The van der Waals surface area contributed by atoms with Gasteiger partial charge in [0.25, 0.3) is 5.56 Å². The number of aromatic hydroxyl groups is 1. The number of aromatic nitrogens is 2. The zero-order valence-electron chi connectivity index (χ0n) is 13.6. The van der Waals surface area contributed by atoms with Gasteiger partial charge in [-0.3, -0.25) is 9.36 Å². The van der Waals surface area contributed by atoms with Gasteiger partial charge in [-0.05, 0) is 19.4 Å². The summed E-state index contributed by atoms with van der Waals surface area (Å²) in [6.07, 6.45) is -5.11. The first-order chi connectivity index (χ1) is 11.9. The van der Waals surface area contributed by atoms with Crippen molar-refractivity contribution < 1.29 is 22.7 Å². The molecule has 5 nitrogen and oxygen atoms in total. The summed E-state index contributed by atoms with van der Waals surface area (Å²) in [5, 5.41) is 9.73. The molecule has 0 aliphatic rings. The third-order valence-electron chi connectivity index (χ3n) is 3.59. The summed E-state index contributed by atoms with van der Waals surface area (Å²) in [6, 6.07) is 0.842. The van der Waals surface area contributed by atoms with Crippen LogP contribution in [0.5, 0.6) is 5.75 Å². The van der Waals surface area contributed by atoms with Crippen molar-refractivity contribution in [1.82, 2.24) is 9.13 Å². The number of hydrogen-bond acceptors (Lipinski definition) is 3. The van der Waals surface area contributed by atoms with Gasteiger partial charge in [-0.25, -0.2) is 13.8 Å². The third kappa shape index (κ3) is 3.39. The predicted octanol–water partition coefficient (Wildman–Crippen LogP) is 3.17. The van der Waals surface area contributed by atoms with Gasteiger partial charge in [-0.15, -0.1) is 0 Å². The molecule has 26 heavy (non-hydrogen) atoms. The van der Waals surface area contributed by atoms with E-state index in [0.29, 0.717) is 11.6 Å². The third-order valence-corrected chi connectivity index (χ3v) is 3.88. The van der Waals surface area contributed by atoms with Crippen LogP contribution in [0, 0.1) is 5.82 Å². The maximum atomic E-state index is 14.5. The lowest BCUT2D eigenvalue weighted by molar-refractivity contribution is -0.144. The van der Waals surface area contributed by atoms with E-state index in [1.807, 2.05) is 0 Å². The van der Waals surface area contributed by atoms with Crippen LogP contribution in [0.25, 0.3) is 5.69 Å². The number of allylic oxidation sites excluding steroid dienone is 1. The van der Waals surface area contributed by atoms with Crippen LogP contribution < -0.4 is 11.2 Å². The van der Waals surface area contributed by atoms with Gasteiger partial charge in [0.2, 0.25) is 0 Å². The largest absolute Gasteiger partial charge is 0.506 e. The number of rotatable bonds is 3. The van der Waals surface area contributed by atoms with Crippen molar-refractivity contribution >= 4 is 11.6 Å². The van der Waals surface area contributed by atoms with Crippen molar-refractivity contribution in [1.29, 1.82) is 0 Å². The molecule has 0 saturated carbocycles. The molecule has 0 bridgehead atoms. The van der Waals surface area contributed by atoms with E-state index in [1.165, 1.54) is 6.92 Å². The van der Waals surface area contributed by atoms with Gasteiger partial charge >= 0.3 is 11.9 Å². The highest BCUT2D eigenvalue weighted by atomic mass is 35.5. The highest BCUT2D eigenvalue weighted by Crippen LogP contribution is 2.35. The van der Waals surface area contributed by atoms with E-state index < -0.39 is 40.4 Å². The minimum absolute atomic E-state index is 0.157. The van der Waals surface area contributed by atoms with Crippen LogP contribution >= 0.6 is 11.6 Å². The lowest BCUT2D eigenvalue weighted by Crippen LogP contribution is -2.41. The second kappa shape index (κ2) is 6.64. The van der Waals surface area contributed by atoms with Crippen LogP contribution in [-0.4, -0.2) is 14.2 Å². The molecule has 1 N–H and O–H groups in total. The van der Waals surface area contributed by atoms with Crippen molar-refractivity contribution in [3.63, 3.8) is 0 Å². The molecule has 1 aromatic heterocycles. The maximum absolute atomic E-state index is 14.5. The van der Waals surface area contributed by atoms with E-state index in [4.69, 9.17) is 11.6 Å². The predicted molar refractivity (Wildman–Crippen MR) is 87.4 cm³/mol. The van der Waals surface area contributed by atoms with Crippen LogP contribution in [0.3, 0.4) is 0 Å². The highest BCUT2D eigenvalue weighted by Gasteiger charge is 2.35. The van der Waals surface area contributed by atoms with E-state index in [-0.39, 0.29) is 32.2 Å². The Balaban J connectivity index is 2.97.